The topological polar surface area (TPSA) is 110 Å². The van der Waals surface area contributed by atoms with Gasteiger partial charge in [-0.2, -0.15) is 0 Å². The van der Waals surface area contributed by atoms with Crippen molar-refractivity contribution in [1.82, 2.24) is 23.9 Å². The van der Waals surface area contributed by atoms with Crippen LogP contribution in [0.15, 0.2) is 35.4 Å². The van der Waals surface area contributed by atoms with Crippen LogP contribution >= 0.6 is 0 Å². The summed E-state index contributed by atoms with van der Waals surface area (Å²) in [5, 5.41) is 6.89. The minimum Gasteiger partial charge on any atom is -0.483 e. The second-order valence-electron chi connectivity index (χ2n) is 10.0. The van der Waals surface area contributed by atoms with Crippen LogP contribution in [-0.2, 0) is 20.9 Å². The fraction of sp³-hybridized carbons (Fsp3) is 0.600. The van der Waals surface area contributed by atoms with E-state index in [4.69, 9.17) is 14.6 Å². The molecule has 10 heteroatoms. The van der Waals surface area contributed by atoms with E-state index in [0.29, 0.717) is 25.7 Å². The lowest BCUT2D eigenvalue weighted by Crippen LogP contribution is -2.55. The number of carbonyl (C=O) groups excluding carboxylic acids is 1. The van der Waals surface area contributed by atoms with Gasteiger partial charge >= 0.3 is 0 Å². The summed E-state index contributed by atoms with van der Waals surface area (Å²) < 4.78 is 9.78. The highest BCUT2D eigenvalue weighted by atomic mass is 16.5. The summed E-state index contributed by atoms with van der Waals surface area (Å²) in [6, 6.07) is 5.64. The van der Waals surface area contributed by atoms with E-state index in [0.717, 1.165) is 37.6 Å². The van der Waals surface area contributed by atoms with Crippen LogP contribution in [0.25, 0.3) is 0 Å². The standard InChI is InChI=1S/C24H31N5O3.CH2O2/c1-16-12-27(9-10-32-16)24(31)23-18-11-17(20-3-2-4-22(30)29(20)23)13-26(14-18)15-21-25-7-8-28(21)19-5-6-19;2-1-3/h2-4,7-8,16-19,23H,5-6,9-15H2,1H3;1H,(H,2,3)/t16-,17+,18-,23+;/m0./s1. The van der Waals surface area contributed by atoms with E-state index in [2.05, 4.69) is 20.6 Å². The van der Waals surface area contributed by atoms with Crippen molar-refractivity contribution in [1.29, 1.82) is 0 Å². The fourth-order valence-electron chi connectivity index (χ4n) is 6.03. The third-order valence-corrected chi connectivity index (χ3v) is 7.58. The van der Waals surface area contributed by atoms with Gasteiger partial charge in [-0.15, -0.1) is 0 Å². The average Bonchev–Trinajstić information content (AvgIpc) is 3.58. The molecule has 10 nitrogen and oxygen atoms in total. The Kier molecular flexibility index (Phi) is 6.75. The number of nitrogens with zero attached hydrogens (tertiary/aromatic N) is 5. The van der Waals surface area contributed by atoms with Crippen LogP contribution in [-0.4, -0.2) is 80.3 Å². The molecule has 3 fully saturated rings. The third kappa shape index (κ3) is 4.77. The van der Waals surface area contributed by atoms with Gasteiger partial charge in [0, 0.05) is 68.2 Å². The first-order valence-electron chi connectivity index (χ1n) is 12.4. The fourth-order valence-corrected chi connectivity index (χ4v) is 6.03. The Bertz CT molecular complexity index is 1130. The van der Waals surface area contributed by atoms with E-state index in [1.165, 1.54) is 12.8 Å². The second-order valence-corrected chi connectivity index (χ2v) is 10.0. The molecule has 3 aliphatic heterocycles. The molecule has 0 spiro atoms. The summed E-state index contributed by atoms with van der Waals surface area (Å²) in [4.78, 5) is 44.1. The van der Waals surface area contributed by atoms with Crippen molar-refractivity contribution >= 4 is 12.4 Å². The van der Waals surface area contributed by atoms with Gasteiger partial charge in [0.15, 0.2) is 0 Å². The molecule has 2 saturated heterocycles. The molecular weight excluding hydrogens is 450 g/mol. The lowest BCUT2D eigenvalue weighted by atomic mass is 9.78. The molecule has 5 heterocycles. The number of carbonyl (C=O) groups is 2. The summed E-state index contributed by atoms with van der Waals surface area (Å²) in [7, 11) is 0. The first kappa shape index (κ1) is 23.7. The van der Waals surface area contributed by atoms with Crippen LogP contribution in [0.4, 0.5) is 0 Å². The molecule has 35 heavy (non-hydrogen) atoms. The van der Waals surface area contributed by atoms with Crippen LogP contribution in [0.3, 0.4) is 0 Å². The zero-order valence-corrected chi connectivity index (χ0v) is 20.0. The first-order valence-corrected chi connectivity index (χ1v) is 12.4. The van der Waals surface area contributed by atoms with Crippen LogP contribution in [0.1, 0.15) is 55.7 Å². The predicted octanol–water partition coefficient (Wildman–Crippen LogP) is 1.49. The molecule has 2 aromatic heterocycles. The number of aromatic nitrogens is 3. The molecule has 1 N–H and O–H groups in total. The molecule has 4 aliphatic rings. The molecule has 0 aromatic carbocycles. The van der Waals surface area contributed by atoms with E-state index in [1.54, 1.807) is 6.07 Å². The van der Waals surface area contributed by atoms with Gasteiger partial charge in [-0.05, 0) is 32.3 Å². The Hall–Kier alpha value is -2.98. The summed E-state index contributed by atoms with van der Waals surface area (Å²) in [6.07, 6.45) is 7.45. The highest BCUT2D eigenvalue weighted by Crippen LogP contribution is 2.42. The summed E-state index contributed by atoms with van der Waals surface area (Å²) in [5.41, 5.74) is 0.943. The molecule has 2 aromatic rings. The number of rotatable bonds is 4. The van der Waals surface area contributed by atoms with Crippen molar-refractivity contribution in [3.05, 3.63) is 52.5 Å². The van der Waals surface area contributed by atoms with Crippen molar-refractivity contribution in [2.75, 3.05) is 32.8 Å². The summed E-state index contributed by atoms with van der Waals surface area (Å²) in [6.45, 7) is 5.99. The van der Waals surface area contributed by atoms with Gasteiger partial charge in [0.05, 0.1) is 19.3 Å². The SMILES string of the molecule is C[C@H]1CN(C(=O)[C@H]2[C@H]3C[C@H](CN(Cc4nccn4C4CC4)C3)c3cccc(=O)n32)CCO1.O=CO. The van der Waals surface area contributed by atoms with Gasteiger partial charge in [0.1, 0.15) is 11.9 Å². The monoisotopic (exact) mass is 483 g/mol. The second kappa shape index (κ2) is 9.94. The van der Waals surface area contributed by atoms with Gasteiger partial charge in [0.25, 0.3) is 12.0 Å². The van der Waals surface area contributed by atoms with E-state index in [-0.39, 0.29) is 35.9 Å². The van der Waals surface area contributed by atoms with Gasteiger partial charge < -0.3 is 19.3 Å². The maximum absolute atomic E-state index is 13.8. The number of hydrogen-bond acceptors (Lipinski definition) is 6. The van der Waals surface area contributed by atoms with E-state index >= 15 is 0 Å². The van der Waals surface area contributed by atoms with Crippen molar-refractivity contribution in [3.8, 4) is 0 Å². The Labute approximate surface area is 204 Å². The lowest BCUT2D eigenvalue weighted by molar-refractivity contribution is -0.145. The highest BCUT2D eigenvalue weighted by Gasteiger charge is 2.45. The van der Waals surface area contributed by atoms with Crippen molar-refractivity contribution in [2.24, 2.45) is 5.92 Å². The predicted molar refractivity (Wildman–Crippen MR) is 127 cm³/mol. The smallest absolute Gasteiger partial charge is 0.290 e. The molecule has 4 atom stereocenters. The van der Waals surface area contributed by atoms with E-state index in [9.17, 15) is 9.59 Å². The molecular formula is C25H33N5O5. The number of likely N-dealkylation sites (tertiary alicyclic amines) is 1. The number of hydrogen-bond donors (Lipinski definition) is 1. The zero-order valence-electron chi connectivity index (χ0n) is 20.0. The number of morpholine rings is 1. The Morgan fingerprint density at radius 1 is 1.26 bits per heavy atom. The molecule has 188 valence electrons. The number of pyridine rings is 1. The Morgan fingerprint density at radius 2 is 2.06 bits per heavy atom. The van der Waals surface area contributed by atoms with Crippen molar-refractivity contribution in [3.63, 3.8) is 0 Å². The average molecular weight is 484 g/mol. The van der Waals surface area contributed by atoms with Gasteiger partial charge in [0.2, 0.25) is 5.91 Å². The number of ether oxygens (including phenoxy) is 1. The minimum atomic E-state index is -0.439. The maximum Gasteiger partial charge on any atom is 0.290 e. The van der Waals surface area contributed by atoms with Gasteiger partial charge in [-0.1, -0.05) is 6.07 Å². The normalized spacial score (nSPS) is 28.0. The third-order valence-electron chi connectivity index (χ3n) is 7.58. The quantitative estimate of drug-likeness (QED) is 0.656. The van der Waals surface area contributed by atoms with Gasteiger partial charge in [-0.25, -0.2) is 4.98 Å². The van der Waals surface area contributed by atoms with Gasteiger partial charge in [-0.3, -0.25) is 23.9 Å². The Morgan fingerprint density at radius 3 is 2.80 bits per heavy atom. The number of piperidine rings is 1. The Balaban J connectivity index is 0.000000806. The number of fused-ring (bicyclic) bond motifs is 4. The highest BCUT2D eigenvalue weighted by molar-refractivity contribution is 5.81. The number of imidazole rings is 1. The molecule has 0 unspecified atom stereocenters. The molecule has 1 amide bonds. The van der Waals surface area contributed by atoms with Crippen LogP contribution in [0.2, 0.25) is 0 Å². The molecule has 0 radical (unpaired) electrons. The van der Waals surface area contributed by atoms with Crippen LogP contribution in [0, 0.1) is 5.92 Å². The molecule has 2 bridgehead atoms. The summed E-state index contributed by atoms with van der Waals surface area (Å²) in [5.74, 6) is 1.57. The molecule has 6 rings (SSSR count). The summed E-state index contributed by atoms with van der Waals surface area (Å²) >= 11 is 0. The van der Waals surface area contributed by atoms with E-state index < -0.39 is 6.04 Å². The minimum absolute atomic E-state index is 0.0279. The maximum atomic E-state index is 13.8. The van der Waals surface area contributed by atoms with E-state index in [1.807, 2.05) is 34.7 Å². The van der Waals surface area contributed by atoms with Crippen molar-refractivity contribution < 1.29 is 19.4 Å². The van der Waals surface area contributed by atoms with Crippen LogP contribution < -0.4 is 5.56 Å². The van der Waals surface area contributed by atoms with Crippen molar-refractivity contribution in [2.45, 2.75) is 56.8 Å². The molecule has 1 saturated carbocycles. The number of amides is 1. The first-order chi connectivity index (χ1) is 17.0. The number of carboxylic acid groups (broad SMARTS) is 1. The lowest BCUT2D eigenvalue weighted by Gasteiger charge is -2.47. The zero-order chi connectivity index (χ0) is 24.5. The van der Waals surface area contributed by atoms with Crippen LogP contribution in [0.5, 0.6) is 0 Å². The molecule has 1 aliphatic carbocycles. The largest absolute Gasteiger partial charge is 0.483 e.